The van der Waals surface area contributed by atoms with Gasteiger partial charge in [-0.05, 0) is 11.5 Å². The van der Waals surface area contributed by atoms with Gasteiger partial charge in [0, 0.05) is 0 Å². The zero-order valence-electron chi connectivity index (χ0n) is 8.67. The maximum absolute atomic E-state index is 4.57. The Balaban J connectivity index is 2.28. The Morgan fingerprint density at radius 1 is 1.33 bits per heavy atom. The van der Waals surface area contributed by atoms with Crippen molar-refractivity contribution >= 4 is 47.0 Å². The second-order valence-corrected chi connectivity index (χ2v) is 5.55. The third kappa shape index (κ3) is 2.01. The Morgan fingerprint density at radius 2 is 2.20 bits per heavy atom. The molecule has 0 saturated heterocycles. The molecule has 0 aliphatic carbocycles. The predicted molar refractivity (Wildman–Crippen MR) is 70.8 cm³/mol. The zero-order valence-corrected chi connectivity index (χ0v) is 10.3. The monoisotopic (exact) mass is 240 g/mol. The van der Waals surface area contributed by atoms with Gasteiger partial charge in [0.2, 0.25) is 4.99 Å². The number of hydrogen-bond acceptors (Lipinski definition) is 6. The number of aliphatic imine (C=N–C) groups is 4. The van der Waals surface area contributed by atoms with E-state index in [-0.39, 0.29) is 0 Å². The topological polar surface area (TPSA) is 49.4 Å². The molecule has 0 bridgehead atoms. The summed E-state index contributed by atoms with van der Waals surface area (Å²) in [6, 6.07) is 0. The van der Waals surface area contributed by atoms with Crippen molar-refractivity contribution in [3.05, 3.63) is 0 Å². The third-order valence-electron chi connectivity index (χ3n) is 1.93. The quantitative estimate of drug-likeness (QED) is 0.758. The van der Waals surface area contributed by atoms with E-state index in [4.69, 9.17) is 0 Å². The van der Waals surface area contributed by atoms with E-state index in [1.165, 1.54) is 0 Å². The Bertz CT molecular complexity index is 372. The van der Waals surface area contributed by atoms with Gasteiger partial charge in [-0.25, -0.2) is 20.0 Å². The second-order valence-electron chi connectivity index (χ2n) is 2.89. The van der Waals surface area contributed by atoms with Gasteiger partial charge in [0.15, 0.2) is 5.17 Å². The molecule has 6 heteroatoms. The summed E-state index contributed by atoms with van der Waals surface area (Å²) in [6.07, 6.45) is 3.35. The van der Waals surface area contributed by atoms with Gasteiger partial charge in [0.1, 0.15) is 12.1 Å². The van der Waals surface area contributed by atoms with E-state index in [2.05, 4.69) is 33.8 Å². The van der Waals surface area contributed by atoms with Crippen LogP contribution in [0.25, 0.3) is 0 Å². The summed E-state index contributed by atoms with van der Waals surface area (Å²) < 4.78 is 0. The molecule has 2 aliphatic heterocycles. The fraction of sp³-hybridized carbons (Fsp3) is 0.556. The molecule has 80 valence electrons. The first-order valence-electron chi connectivity index (χ1n) is 4.83. The molecule has 2 heterocycles. The molecule has 0 N–H and O–H groups in total. The van der Waals surface area contributed by atoms with Crippen LogP contribution in [0, 0.1) is 0 Å². The van der Waals surface area contributed by atoms with Gasteiger partial charge in [-0.3, -0.25) is 0 Å². The highest BCUT2D eigenvalue weighted by Crippen LogP contribution is 2.35. The van der Waals surface area contributed by atoms with Crippen LogP contribution in [-0.4, -0.2) is 39.9 Å². The Hall–Kier alpha value is -0.620. The molecule has 0 radical (unpaired) electrons. The fourth-order valence-electron chi connectivity index (χ4n) is 1.34. The van der Waals surface area contributed by atoms with Gasteiger partial charge in [-0.1, -0.05) is 25.6 Å². The molecule has 0 aromatic heterocycles. The van der Waals surface area contributed by atoms with E-state index in [1.807, 2.05) is 0 Å². The molecule has 0 fully saturated rings. The van der Waals surface area contributed by atoms with E-state index in [1.54, 1.807) is 36.1 Å². The first kappa shape index (κ1) is 10.9. The van der Waals surface area contributed by atoms with Crippen molar-refractivity contribution in [2.45, 2.75) is 18.8 Å². The highest BCUT2D eigenvalue weighted by atomic mass is 32.2. The van der Waals surface area contributed by atoms with Gasteiger partial charge in [0.05, 0.1) is 6.21 Å². The van der Waals surface area contributed by atoms with Crippen LogP contribution in [0.5, 0.6) is 0 Å². The maximum atomic E-state index is 4.57. The molecular formula is C9H12N4S2. The second kappa shape index (κ2) is 4.49. The van der Waals surface area contributed by atoms with E-state index in [9.17, 15) is 0 Å². The van der Waals surface area contributed by atoms with Crippen LogP contribution in [0.15, 0.2) is 20.0 Å². The van der Waals surface area contributed by atoms with E-state index < -0.39 is 4.99 Å². The molecule has 4 nitrogen and oxygen atoms in total. The van der Waals surface area contributed by atoms with Crippen molar-refractivity contribution in [2.24, 2.45) is 20.0 Å². The summed E-state index contributed by atoms with van der Waals surface area (Å²) in [6.45, 7) is 4.18. The molecule has 0 aromatic carbocycles. The number of hydrogen-bond donors (Lipinski definition) is 0. The molecule has 0 amide bonds. The van der Waals surface area contributed by atoms with Crippen molar-refractivity contribution in [2.75, 3.05) is 11.5 Å². The van der Waals surface area contributed by atoms with Crippen molar-refractivity contribution in [1.82, 2.24) is 0 Å². The predicted octanol–water partition coefficient (Wildman–Crippen LogP) is 2.07. The third-order valence-corrected chi connectivity index (χ3v) is 3.77. The van der Waals surface area contributed by atoms with Crippen LogP contribution in [0.4, 0.5) is 0 Å². The van der Waals surface area contributed by atoms with Crippen LogP contribution >= 0.6 is 23.5 Å². The first-order chi connectivity index (χ1) is 7.30. The van der Waals surface area contributed by atoms with Gasteiger partial charge in [-0.15, -0.1) is 11.8 Å². The van der Waals surface area contributed by atoms with Gasteiger partial charge in [-0.2, -0.15) is 0 Å². The number of fused-ring (bicyclic) bond motifs is 1. The van der Waals surface area contributed by atoms with Crippen LogP contribution in [0.2, 0.25) is 0 Å². The van der Waals surface area contributed by atoms with Crippen LogP contribution in [-0.2, 0) is 0 Å². The summed E-state index contributed by atoms with van der Waals surface area (Å²) in [4.78, 5) is 16.8. The summed E-state index contributed by atoms with van der Waals surface area (Å²) in [5.41, 5.74) is 0.842. The Labute approximate surface area is 97.5 Å². The standard InChI is InChI=1S/C9H12N4S2/c1-3-14-8-10-5-7-9(13-8,15-4-2)12-6-11-7/h5-6H,3-4H2,1-2H3. The van der Waals surface area contributed by atoms with Gasteiger partial charge >= 0.3 is 0 Å². The van der Waals surface area contributed by atoms with Gasteiger partial charge in [0.25, 0.3) is 0 Å². The van der Waals surface area contributed by atoms with Crippen LogP contribution < -0.4 is 0 Å². The molecule has 15 heavy (non-hydrogen) atoms. The van der Waals surface area contributed by atoms with Crippen molar-refractivity contribution in [1.29, 1.82) is 0 Å². The molecule has 1 unspecified atom stereocenters. The van der Waals surface area contributed by atoms with E-state index in [0.29, 0.717) is 0 Å². The maximum Gasteiger partial charge on any atom is 0.245 e. The van der Waals surface area contributed by atoms with Crippen molar-refractivity contribution in [3.63, 3.8) is 0 Å². The normalized spacial score (nSPS) is 27.6. The van der Waals surface area contributed by atoms with E-state index in [0.717, 1.165) is 22.4 Å². The summed E-state index contributed by atoms with van der Waals surface area (Å²) in [5.74, 6) is 1.93. The highest BCUT2D eigenvalue weighted by Gasteiger charge is 2.39. The molecule has 2 rings (SSSR count). The van der Waals surface area contributed by atoms with Crippen LogP contribution in [0.1, 0.15) is 13.8 Å². The number of nitrogens with zero attached hydrogens (tertiary/aromatic N) is 4. The summed E-state index contributed by atoms with van der Waals surface area (Å²) >= 11 is 3.31. The lowest BCUT2D eigenvalue weighted by molar-refractivity contribution is 0.877. The SMILES string of the molecule is CCSC1=NC2(SCC)N=CN=C2C=N1. The molecule has 0 aromatic rings. The highest BCUT2D eigenvalue weighted by molar-refractivity contribution is 8.14. The van der Waals surface area contributed by atoms with E-state index >= 15 is 0 Å². The number of rotatable bonds is 3. The lowest BCUT2D eigenvalue weighted by atomic mass is 10.3. The summed E-state index contributed by atoms with van der Waals surface area (Å²) in [5, 5.41) is 0.802. The van der Waals surface area contributed by atoms with Gasteiger partial charge < -0.3 is 0 Å². The minimum absolute atomic E-state index is 0.534. The molecular weight excluding hydrogens is 228 g/mol. The average molecular weight is 240 g/mol. The fourth-order valence-corrected chi connectivity index (χ4v) is 2.91. The largest absolute Gasteiger partial charge is 0.245 e. The zero-order chi connectivity index (χ0) is 10.7. The number of amidine groups is 1. The van der Waals surface area contributed by atoms with Crippen molar-refractivity contribution in [3.8, 4) is 0 Å². The smallest absolute Gasteiger partial charge is 0.234 e. The molecule has 0 spiro atoms. The minimum Gasteiger partial charge on any atom is -0.234 e. The number of thioether (sulfide) groups is 2. The lowest BCUT2D eigenvalue weighted by Gasteiger charge is -2.23. The minimum atomic E-state index is -0.534. The first-order valence-corrected chi connectivity index (χ1v) is 6.80. The summed E-state index contributed by atoms with van der Waals surface area (Å²) in [7, 11) is 0. The van der Waals surface area contributed by atoms with Crippen molar-refractivity contribution < 1.29 is 0 Å². The Morgan fingerprint density at radius 3 is 2.93 bits per heavy atom. The molecule has 2 aliphatic rings. The molecule has 0 saturated carbocycles. The lowest BCUT2D eigenvalue weighted by Crippen LogP contribution is -2.33. The molecule has 1 atom stereocenters. The van der Waals surface area contributed by atoms with Crippen LogP contribution in [0.3, 0.4) is 0 Å². The Kier molecular flexibility index (Phi) is 3.25. The average Bonchev–Trinajstić information content (AvgIpc) is 2.61.